The Balaban J connectivity index is 4.81. The van der Waals surface area contributed by atoms with Crippen molar-refractivity contribution in [2.75, 3.05) is 27.7 Å². The highest BCUT2D eigenvalue weighted by Gasteiger charge is 2.42. The van der Waals surface area contributed by atoms with Crippen molar-refractivity contribution in [3.8, 4) is 0 Å². The summed E-state index contributed by atoms with van der Waals surface area (Å²) in [6.07, 6.45) is 1.90. The van der Waals surface area contributed by atoms with Gasteiger partial charge in [-0.3, -0.25) is 9.59 Å². The highest BCUT2D eigenvalue weighted by molar-refractivity contribution is 5.91. The molecule has 0 aromatic carbocycles. The van der Waals surface area contributed by atoms with Gasteiger partial charge in [0.25, 0.3) is 0 Å². The van der Waals surface area contributed by atoms with E-state index < -0.39 is 23.8 Å². The molecule has 0 saturated heterocycles. The molecule has 116 valence electrons. The zero-order valence-corrected chi connectivity index (χ0v) is 13.1. The molecule has 0 aliphatic carbocycles. The molecule has 0 saturated carbocycles. The molecule has 20 heavy (non-hydrogen) atoms. The van der Waals surface area contributed by atoms with Crippen molar-refractivity contribution in [1.82, 2.24) is 0 Å². The summed E-state index contributed by atoms with van der Waals surface area (Å²) >= 11 is 0. The van der Waals surface area contributed by atoms with E-state index in [4.69, 9.17) is 5.11 Å². The molecule has 0 spiro atoms. The topological polar surface area (TPSA) is 74.6 Å². The summed E-state index contributed by atoms with van der Waals surface area (Å²) in [4.78, 5) is 23.1. The number of hydrogen-bond acceptors (Lipinski definition) is 3. The van der Waals surface area contributed by atoms with E-state index in [9.17, 15) is 14.7 Å². The van der Waals surface area contributed by atoms with E-state index >= 15 is 0 Å². The van der Waals surface area contributed by atoms with Gasteiger partial charge in [-0.2, -0.15) is 0 Å². The maximum absolute atomic E-state index is 12.2. The van der Waals surface area contributed by atoms with Gasteiger partial charge in [0.05, 0.1) is 27.6 Å². The fourth-order valence-corrected chi connectivity index (χ4v) is 2.28. The molecule has 0 amide bonds. The van der Waals surface area contributed by atoms with Gasteiger partial charge in [-0.1, -0.05) is 25.5 Å². The van der Waals surface area contributed by atoms with Crippen LogP contribution in [-0.4, -0.2) is 59.7 Å². The van der Waals surface area contributed by atoms with Crippen LogP contribution in [0.2, 0.25) is 0 Å². The van der Waals surface area contributed by atoms with E-state index in [0.29, 0.717) is 10.9 Å². The molecule has 0 aromatic rings. The quantitative estimate of drug-likeness (QED) is 0.472. The van der Waals surface area contributed by atoms with Gasteiger partial charge in [0, 0.05) is 6.42 Å². The lowest BCUT2D eigenvalue weighted by Gasteiger charge is -2.33. The van der Waals surface area contributed by atoms with Gasteiger partial charge in [-0.05, 0) is 12.8 Å². The Kier molecular flexibility index (Phi) is 7.09. The number of ketones is 1. The molecule has 5 heteroatoms. The Bertz CT molecular complexity index is 371. The number of carbonyl (C=O) groups excluding carboxylic acids is 1. The normalized spacial score (nSPS) is 14.7. The predicted molar refractivity (Wildman–Crippen MR) is 78.4 cm³/mol. The first-order valence-electron chi connectivity index (χ1n) is 6.95. The summed E-state index contributed by atoms with van der Waals surface area (Å²) in [6, 6.07) is 0. The molecule has 0 bridgehead atoms. The third-order valence-electron chi connectivity index (χ3n) is 3.01. The van der Waals surface area contributed by atoms with Gasteiger partial charge in [0.1, 0.15) is 6.54 Å². The standard InChI is InChI=1S/C15H27NO4/c1-6-7-12(2)8-9-13(17)15(20,10-14(18)19)11-16(3,4)5/h20H,2,6-11H2,1,3-5H3/p+1. The van der Waals surface area contributed by atoms with Gasteiger partial charge in [-0.25, -0.2) is 0 Å². The molecule has 1 unspecified atom stereocenters. The second-order valence-corrected chi connectivity index (χ2v) is 6.47. The number of likely N-dealkylation sites (N-methyl/N-ethyl adjacent to an activating group) is 1. The number of carboxylic acids is 1. The molecule has 2 N–H and O–H groups in total. The average molecular weight is 286 g/mol. The highest BCUT2D eigenvalue weighted by atomic mass is 16.4. The minimum atomic E-state index is -1.81. The van der Waals surface area contributed by atoms with Crippen molar-refractivity contribution in [3.63, 3.8) is 0 Å². The van der Waals surface area contributed by atoms with Crippen LogP contribution >= 0.6 is 0 Å². The molecule has 0 aliphatic rings. The Morgan fingerprint density at radius 1 is 1.15 bits per heavy atom. The Labute approximate surface area is 121 Å². The van der Waals surface area contributed by atoms with Crippen molar-refractivity contribution in [2.24, 2.45) is 0 Å². The van der Waals surface area contributed by atoms with Crippen molar-refractivity contribution < 1.29 is 24.3 Å². The molecule has 0 heterocycles. The molecule has 1 atom stereocenters. The molecular weight excluding hydrogens is 258 g/mol. The van der Waals surface area contributed by atoms with E-state index in [2.05, 4.69) is 6.58 Å². The zero-order valence-electron chi connectivity index (χ0n) is 13.1. The van der Waals surface area contributed by atoms with Gasteiger partial charge < -0.3 is 14.7 Å². The summed E-state index contributed by atoms with van der Waals surface area (Å²) in [6.45, 7) is 5.99. The first kappa shape index (κ1) is 18.8. The summed E-state index contributed by atoms with van der Waals surface area (Å²) in [5.41, 5.74) is -0.847. The van der Waals surface area contributed by atoms with Crippen LogP contribution in [0.25, 0.3) is 0 Å². The van der Waals surface area contributed by atoms with Crippen LogP contribution in [0.4, 0.5) is 0 Å². The van der Waals surface area contributed by atoms with Crippen LogP contribution in [0.1, 0.15) is 39.0 Å². The molecule has 0 aromatic heterocycles. The van der Waals surface area contributed by atoms with Crippen LogP contribution in [0.3, 0.4) is 0 Å². The Morgan fingerprint density at radius 3 is 2.10 bits per heavy atom. The van der Waals surface area contributed by atoms with Crippen LogP contribution in [0.5, 0.6) is 0 Å². The number of aliphatic hydroxyl groups is 1. The fourth-order valence-electron chi connectivity index (χ4n) is 2.28. The summed E-state index contributed by atoms with van der Waals surface area (Å²) in [5, 5.41) is 19.4. The van der Waals surface area contributed by atoms with Gasteiger partial charge in [-0.15, -0.1) is 0 Å². The number of nitrogens with zero attached hydrogens (tertiary/aromatic N) is 1. The van der Waals surface area contributed by atoms with Crippen molar-refractivity contribution in [1.29, 1.82) is 0 Å². The zero-order chi connectivity index (χ0) is 16.0. The fraction of sp³-hybridized carbons (Fsp3) is 0.733. The van der Waals surface area contributed by atoms with Crippen LogP contribution in [0, 0.1) is 0 Å². The minimum Gasteiger partial charge on any atom is -0.481 e. The first-order valence-corrected chi connectivity index (χ1v) is 6.95. The second-order valence-electron chi connectivity index (χ2n) is 6.47. The lowest BCUT2D eigenvalue weighted by Crippen LogP contribution is -2.54. The third-order valence-corrected chi connectivity index (χ3v) is 3.01. The van der Waals surface area contributed by atoms with Gasteiger partial charge in [0.2, 0.25) is 0 Å². The van der Waals surface area contributed by atoms with E-state index in [0.717, 1.165) is 18.4 Å². The Morgan fingerprint density at radius 2 is 1.70 bits per heavy atom. The second kappa shape index (κ2) is 7.55. The highest BCUT2D eigenvalue weighted by Crippen LogP contribution is 2.20. The van der Waals surface area contributed by atoms with E-state index in [1.165, 1.54) is 0 Å². The molecule has 0 rings (SSSR count). The van der Waals surface area contributed by atoms with Crippen LogP contribution < -0.4 is 0 Å². The Hall–Kier alpha value is -1.20. The number of carbonyl (C=O) groups is 2. The number of allylic oxidation sites excluding steroid dienone is 1. The largest absolute Gasteiger partial charge is 0.481 e. The number of rotatable bonds is 10. The monoisotopic (exact) mass is 286 g/mol. The number of aliphatic carboxylic acids is 1. The van der Waals surface area contributed by atoms with Crippen LogP contribution in [-0.2, 0) is 9.59 Å². The third kappa shape index (κ3) is 7.40. The number of carboxylic acid groups (broad SMARTS) is 1. The maximum atomic E-state index is 12.2. The van der Waals surface area contributed by atoms with Crippen molar-refractivity contribution in [2.45, 2.75) is 44.6 Å². The van der Waals surface area contributed by atoms with E-state index in [-0.39, 0.29) is 13.0 Å². The minimum absolute atomic E-state index is 0.0817. The molecule has 0 radical (unpaired) electrons. The summed E-state index contributed by atoms with van der Waals surface area (Å²) in [7, 11) is 5.45. The number of hydrogen-bond donors (Lipinski definition) is 2. The van der Waals surface area contributed by atoms with E-state index in [1.54, 1.807) is 0 Å². The lowest BCUT2D eigenvalue weighted by molar-refractivity contribution is -0.875. The average Bonchev–Trinajstić information content (AvgIpc) is 2.22. The lowest BCUT2D eigenvalue weighted by atomic mass is 9.89. The molecular formula is C15H28NO4+. The van der Waals surface area contributed by atoms with Crippen LogP contribution in [0.15, 0.2) is 12.2 Å². The van der Waals surface area contributed by atoms with Gasteiger partial charge in [0.15, 0.2) is 11.4 Å². The van der Waals surface area contributed by atoms with Gasteiger partial charge >= 0.3 is 5.97 Å². The maximum Gasteiger partial charge on any atom is 0.306 e. The van der Waals surface area contributed by atoms with E-state index in [1.807, 2.05) is 28.1 Å². The predicted octanol–water partition coefficient (Wildman–Crippen LogP) is 1.60. The number of quaternary nitrogens is 1. The SMILES string of the molecule is C=C(CCC)CCC(=O)C(O)(CC(=O)O)C[N+](C)(C)C. The summed E-state index contributed by atoms with van der Waals surface area (Å²) < 4.78 is 0.325. The van der Waals surface area contributed by atoms with Crippen molar-refractivity contribution in [3.05, 3.63) is 12.2 Å². The first-order chi connectivity index (χ1) is 9.00. The molecule has 0 aliphatic heterocycles. The van der Waals surface area contributed by atoms with Crippen molar-refractivity contribution >= 4 is 11.8 Å². The molecule has 5 nitrogen and oxygen atoms in total. The molecule has 0 fully saturated rings. The summed E-state index contributed by atoms with van der Waals surface area (Å²) in [5.74, 6) is -1.58. The smallest absolute Gasteiger partial charge is 0.306 e. The number of Topliss-reactive ketones (excluding diaryl/α,β-unsaturated/α-hetero) is 1.